The lowest BCUT2D eigenvalue weighted by atomic mass is 10.1. The Morgan fingerprint density at radius 2 is 1.97 bits per heavy atom. The van der Waals surface area contributed by atoms with Gasteiger partial charge in [0.15, 0.2) is 11.5 Å². The quantitative estimate of drug-likeness (QED) is 0.539. The van der Waals surface area contributed by atoms with E-state index in [-0.39, 0.29) is 6.01 Å². The Hall–Kier alpha value is -3.36. The highest BCUT2D eigenvalue weighted by molar-refractivity contribution is 5.60. The fraction of sp³-hybridized carbons (Fsp3) is 0.478. The Bertz CT molecular complexity index is 1100. The number of pyridine rings is 1. The van der Waals surface area contributed by atoms with Gasteiger partial charge in [0.25, 0.3) is 0 Å². The molecule has 0 aromatic carbocycles. The number of rotatable bonds is 8. The van der Waals surface area contributed by atoms with Gasteiger partial charge >= 0.3 is 6.01 Å². The Balaban J connectivity index is 1.50. The zero-order valence-electron chi connectivity index (χ0n) is 19.2. The Morgan fingerprint density at radius 1 is 1.19 bits per heavy atom. The first-order chi connectivity index (χ1) is 15.5. The van der Waals surface area contributed by atoms with E-state index in [4.69, 9.17) is 15.5 Å². The van der Waals surface area contributed by atoms with E-state index in [9.17, 15) is 0 Å². The molecule has 0 bridgehead atoms. The van der Waals surface area contributed by atoms with E-state index in [2.05, 4.69) is 58.3 Å². The van der Waals surface area contributed by atoms with Crippen LogP contribution in [0, 0.1) is 6.92 Å². The normalized spacial score (nSPS) is 14.2. The van der Waals surface area contributed by atoms with Gasteiger partial charge in [-0.05, 0) is 31.4 Å². The van der Waals surface area contributed by atoms with Crippen LogP contribution in [0.15, 0.2) is 30.7 Å². The molecule has 4 heterocycles. The number of hydrogen-bond donors (Lipinski definition) is 1. The molecule has 1 aliphatic rings. The molecule has 0 unspecified atom stereocenters. The summed E-state index contributed by atoms with van der Waals surface area (Å²) in [6, 6.07) is 2.47. The van der Waals surface area contributed by atoms with Gasteiger partial charge in [-0.25, -0.2) is 14.5 Å². The third-order valence-electron chi connectivity index (χ3n) is 5.78. The fourth-order valence-electron chi connectivity index (χ4n) is 3.98. The van der Waals surface area contributed by atoms with Crippen molar-refractivity contribution in [2.45, 2.75) is 40.0 Å². The lowest BCUT2D eigenvalue weighted by Crippen LogP contribution is -2.45. The first-order valence-electron chi connectivity index (χ1n) is 11.2. The van der Waals surface area contributed by atoms with Crippen molar-refractivity contribution in [3.8, 4) is 6.01 Å². The summed E-state index contributed by atoms with van der Waals surface area (Å²) in [7, 11) is 0. The zero-order chi connectivity index (χ0) is 22.7. The molecule has 0 amide bonds. The van der Waals surface area contributed by atoms with Crippen molar-refractivity contribution in [3.63, 3.8) is 0 Å². The molecule has 170 valence electrons. The molecule has 4 rings (SSSR count). The van der Waals surface area contributed by atoms with Gasteiger partial charge in [-0.3, -0.25) is 0 Å². The molecule has 1 fully saturated rings. The summed E-state index contributed by atoms with van der Waals surface area (Å²) in [6.45, 7) is 14.8. The predicted octanol–water partition coefficient (Wildman–Crippen LogP) is 2.84. The van der Waals surface area contributed by atoms with Crippen LogP contribution in [-0.4, -0.2) is 62.3 Å². The number of ether oxygens (including phenoxy) is 1. The molecule has 3 aromatic rings. The van der Waals surface area contributed by atoms with Crippen LogP contribution in [-0.2, 0) is 6.42 Å². The minimum Gasteiger partial charge on any atom is -0.462 e. The van der Waals surface area contributed by atoms with Crippen molar-refractivity contribution >= 4 is 17.3 Å². The van der Waals surface area contributed by atoms with Gasteiger partial charge in [0, 0.05) is 44.5 Å². The molecule has 0 atom stereocenters. The van der Waals surface area contributed by atoms with Crippen LogP contribution < -0.4 is 15.4 Å². The molecule has 1 saturated heterocycles. The lowest BCUT2D eigenvalue weighted by molar-refractivity contribution is 0.280. The van der Waals surface area contributed by atoms with E-state index >= 15 is 0 Å². The number of anilines is 2. The monoisotopic (exact) mass is 436 g/mol. The number of nitrogen functional groups attached to an aromatic ring is 1. The number of unbranched alkanes of at least 4 members (excludes halogenated alkanes) is 1. The highest BCUT2D eigenvalue weighted by Crippen LogP contribution is 2.23. The van der Waals surface area contributed by atoms with Crippen LogP contribution in [0.5, 0.6) is 6.01 Å². The predicted molar refractivity (Wildman–Crippen MR) is 126 cm³/mol. The van der Waals surface area contributed by atoms with Crippen LogP contribution >= 0.6 is 0 Å². The van der Waals surface area contributed by atoms with E-state index in [0.717, 1.165) is 67.4 Å². The van der Waals surface area contributed by atoms with Crippen molar-refractivity contribution in [1.82, 2.24) is 29.5 Å². The Labute approximate surface area is 188 Å². The van der Waals surface area contributed by atoms with Crippen molar-refractivity contribution < 1.29 is 4.74 Å². The molecule has 1 aliphatic heterocycles. The highest BCUT2D eigenvalue weighted by Gasteiger charge is 2.19. The van der Waals surface area contributed by atoms with Gasteiger partial charge in [0.05, 0.1) is 18.5 Å². The SMILES string of the molecule is C=C(C)N1CCN(c2ncc(Cc3cnc4c(N)nc(OCCCC)nn34)cc2C)CC1. The second kappa shape index (κ2) is 9.42. The second-order valence-electron chi connectivity index (χ2n) is 8.34. The maximum absolute atomic E-state index is 6.08. The van der Waals surface area contributed by atoms with Crippen LogP contribution in [0.3, 0.4) is 0 Å². The number of piperazine rings is 1. The van der Waals surface area contributed by atoms with Crippen molar-refractivity contribution in [2.75, 3.05) is 43.4 Å². The minimum absolute atomic E-state index is 0.279. The summed E-state index contributed by atoms with van der Waals surface area (Å²) in [4.78, 5) is 18.1. The van der Waals surface area contributed by atoms with Gasteiger partial charge in [-0.15, -0.1) is 5.10 Å². The lowest BCUT2D eigenvalue weighted by Gasteiger charge is -2.37. The van der Waals surface area contributed by atoms with E-state index in [1.807, 2.05) is 6.20 Å². The number of nitrogens with zero attached hydrogens (tertiary/aromatic N) is 7. The third-order valence-corrected chi connectivity index (χ3v) is 5.78. The molecule has 9 heteroatoms. The molecule has 3 aromatic heterocycles. The van der Waals surface area contributed by atoms with Crippen molar-refractivity contribution in [3.05, 3.63) is 47.6 Å². The number of fused-ring (bicyclic) bond motifs is 1. The van der Waals surface area contributed by atoms with E-state index in [1.54, 1.807) is 10.7 Å². The number of aryl methyl sites for hydroxylation is 1. The van der Waals surface area contributed by atoms with E-state index in [1.165, 1.54) is 0 Å². The molecule has 9 nitrogen and oxygen atoms in total. The second-order valence-corrected chi connectivity index (χ2v) is 8.34. The molecular formula is C23H32N8O. The van der Waals surface area contributed by atoms with Crippen LogP contribution in [0.2, 0.25) is 0 Å². The molecule has 0 saturated carbocycles. The van der Waals surface area contributed by atoms with Gasteiger partial charge in [0.2, 0.25) is 0 Å². The number of nitrogens with two attached hydrogens (primary N) is 1. The molecule has 0 aliphatic carbocycles. The first kappa shape index (κ1) is 21.9. The third kappa shape index (κ3) is 4.61. The summed E-state index contributed by atoms with van der Waals surface area (Å²) in [5.74, 6) is 1.36. The Kier molecular flexibility index (Phi) is 6.43. The molecule has 0 radical (unpaired) electrons. The number of allylic oxidation sites excluding steroid dienone is 1. The minimum atomic E-state index is 0.279. The summed E-state index contributed by atoms with van der Waals surface area (Å²) in [5, 5.41) is 4.50. The van der Waals surface area contributed by atoms with Crippen LogP contribution in [0.4, 0.5) is 11.6 Å². The standard InChI is InChI=1S/C23H32N8O/c1-5-6-11-32-23-27-20(24)22-26-15-19(31(22)28-23)13-18-12-17(4)21(25-14-18)30-9-7-29(8-10-30)16(2)3/h12,14-15H,2,5-11,13H2,1,3-4H3,(H2,24,27,28). The molecule has 2 N–H and O–H groups in total. The van der Waals surface area contributed by atoms with Gasteiger partial charge in [-0.1, -0.05) is 26.0 Å². The number of hydrogen-bond acceptors (Lipinski definition) is 8. The summed E-state index contributed by atoms with van der Waals surface area (Å²) in [6.07, 6.45) is 6.35. The van der Waals surface area contributed by atoms with Gasteiger partial charge < -0.3 is 20.3 Å². The maximum atomic E-state index is 6.08. The molecular weight excluding hydrogens is 404 g/mol. The van der Waals surface area contributed by atoms with E-state index in [0.29, 0.717) is 24.5 Å². The largest absolute Gasteiger partial charge is 0.462 e. The van der Waals surface area contributed by atoms with Gasteiger partial charge in [-0.2, -0.15) is 4.98 Å². The van der Waals surface area contributed by atoms with Gasteiger partial charge in [0.1, 0.15) is 5.82 Å². The fourth-order valence-corrected chi connectivity index (χ4v) is 3.98. The zero-order valence-corrected chi connectivity index (χ0v) is 19.2. The average molecular weight is 437 g/mol. The molecule has 32 heavy (non-hydrogen) atoms. The van der Waals surface area contributed by atoms with Crippen LogP contribution in [0.1, 0.15) is 43.5 Å². The first-order valence-corrected chi connectivity index (χ1v) is 11.2. The smallest absolute Gasteiger partial charge is 0.336 e. The maximum Gasteiger partial charge on any atom is 0.336 e. The summed E-state index contributed by atoms with van der Waals surface area (Å²) in [5.41, 5.74) is 10.9. The van der Waals surface area contributed by atoms with E-state index < -0.39 is 0 Å². The van der Waals surface area contributed by atoms with Crippen LogP contribution in [0.25, 0.3) is 5.65 Å². The summed E-state index contributed by atoms with van der Waals surface area (Å²) >= 11 is 0. The van der Waals surface area contributed by atoms with Crippen molar-refractivity contribution in [2.24, 2.45) is 0 Å². The number of imidazole rings is 1. The number of aromatic nitrogens is 5. The average Bonchev–Trinajstić information content (AvgIpc) is 3.17. The molecule has 0 spiro atoms. The Morgan fingerprint density at radius 3 is 2.66 bits per heavy atom. The topological polar surface area (TPSA) is 97.7 Å². The highest BCUT2D eigenvalue weighted by atomic mass is 16.5. The summed E-state index contributed by atoms with van der Waals surface area (Å²) < 4.78 is 7.38. The van der Waals surface area contributed by atoms with Crippen molar-refractivity contribution in [1.29, 1.82) is 0 Å².